The van der Waals surface area contributed by atoms with Gasteiger partial charge in [-0.15, -0.1) is 0 Å². The lowest BCUT2D eigenvalue weighted by molar-refractivity contribution is -0.152. The van der Waals surface area contributed by atoms with Gasteiger partial charge in [0.25, 0.3) is 0 Å². The quantitative estimate of drug-likeness (QED) is 0.0126. The minimum atomic E-state index is -2.02. The molecule has 27 N–H and O–H groups in total. The second kappa shape index (κ2) is 54.5. The molecule has 2 heterocycles. The van der Waals surface area contributed by atoms with Gasteiger partial charge in [0.15, 0.2) is 11.9 Å². The molecular formula is C80H134N24O19. The smallest absolute Gasteiger partial charge is 0.328 e. The minimum Gasteiger partial charge on any atom is -0.467 e. The summed E-state index contributed by atoms with van der Waals surface area (Å²) in [5.41, 5.74) is 34.1. The zero-order valence-electron chi connectivity index (χ0n) is 72.8. The topological polar surface area (TPSA) is 681 Å². The van der Waals surface area contributed by atoms with Gasteiger partial charge in [0.05, 0.1) is 33.2 Å². The molecule has 17 amide bonds. The maximum atomic E-state index is 14.8. The van der Waals surface area contributed by atoms with Gasteiger partial charge in [-0.1, -0.05) is 112 Å². The number of methoxy groups -OCH3 is 1. The Hall–Kier alpha value is -11.8. The predicted molar refractivity (Wildman–Crippen MR) is 453 cm³/mol. The summed E-state index contributed by atoms with van der Waals surface area (Å²) in [5, 5.41) is 38.4. The lowest BCUT2D eigenvalue weighted by Gasteiger charge is -2.32. The van der Waals surface area contributed by atoms with Crippen molar-refractivity contribution >= 4 is 118 Å². The van der Waals surface area contributed by atoms with Crippen LogP contribution in [0.25, 0.3) is 0 Å². The van der Waals surface area contributed by atoms with Crippen LogP contribution in [0.1, 0.15) is 184 Å². The van der Waals surface area contributed by atoms with Gasteiger partial charge in [-0.2, -0.15) is 0 Å². The van der Waals surface area contributed by atoms with Crippen molar-refractivity contribution in [3.8, 4) is 0 Å². The molecule has 0 unspecified atom stereocenters. The van der Waals surface area contributed by atoms with Crippen molar-refractivity contribution in [1.29, 1.82) is 0 Å². The van der Waals surface area contributed by atoms with Gasteiger partial charge in [0.2, 0.25) is 100 Å². The van der Waals surface area contributed by atoms with Crippen LogP contribution in [0.4, 0.5) is 0 Å². The fourth-order valence-electron chi connectivity index (χ4n) is 13.3. The maximum Gasteiger partial charge on any atom is 0.328 e. The summed E-state index contributed by atoms with van der Waals surface area (Å²) in [6.45, 7) is 16.3. The van der Waals surface area contributed by atoms with Crippen molar-refractivity contribution < 1.29 is 91.0 Å². The SMILES string of the molecule is CC[C@H](C)[C@@H]1NC(=O)[C@H](CCCN=C(N)N)NC(=O)CNC(=O)[C@H](Cc2ccccc2)NC(=O)CNC(=O)C[C@@H](C(=O)N[C@@H](CCC(N)=O)C(=O)N[C@@H](CC(C)C)C(=O)N[C@H](C(=O)NCC(=O)N[C@@H](CCCN=C(N)N)C(=O)N[C@@H](CC(C)C)C(=O)N[C@H](C(=O)N2CCC[C@H]2C(=O)OC)[C@@H](C)CC)C(C)C)NC(=O)[C@H](C)NC(=O)[C@H](CCCCN)NC1=O. The predicted octanol–water partition coefficient (Wildman–Crippen LogP) is -5.67. The molecule has 0 spiro atoms. The summed E-state index contributed by atoms with van der Waals surface area (Å²) in [7, 11) is 1.22. The molecule has 43 nitrogen and oxygen atoms in total. The lowest BCUT2D eigenvalue weighted by Crippen LogP contribution is -2.61. The number of carbonyl (C=O) groups is 18. The number of hydrogen-bond donors (Lipinski definition) is 21. The van der Waals surface area contributed by atoms with E-state index in [1.807, 2.05) is 6.92 Å². The third kappa shape index (κ3) is 38.4. The Labute approximate surface area is 717 Å². The normalized spacial score (nSPS) is 20.5. The van der Waals surface area contributed by atoms with Crippen molar-refractivity contribution in [1.82, 2.24) is 84.7 Å². The molecule has 2 saturated heterocycles. The second-order valence-corrected chi connectivity index (χ2v) is 32.1. The molecule has 0 saturated carbocycles. The third-order valence-electron chi connectivity index (χ3n) is 20.6. The number of aliphatic imine (C=N–C) groups is 2. The van der Waals surface area contributed by atoms with Crippen LogP contribution in [0.15, 0.2) is 40.3 Å². The highest BCUT2D eigenvalue weighted by Crippen LogP contribution is 2.23. The standard InChI is InChI=1S/C80H134N24O19/c1-13-45(9)64-76(120)97-51(25-18-19-31-81)68(112)92-47(11)66(110)98-56(38-59(106)89-39-60(107)95-55(37-48-23-16-15-17-24-48)67(111)90-40-61(108)94-50(71(115)102-64)27-21-33-88-80(85)86)72(116)96-52(29-30-58(82)105)70(114)100-53(35-42(3)4)73(117)101-63(44(7)8)75(119)91-41-62(109)93-49(26-20-32-87-79(83)84)69(113)99-54(36-43(5)6)74(118)103-65(46(10)14-2)77(121)104-34-22-28-57(104)78(122)123-12/h15-17,23-24,42-47,49-57,63-65H,13-14,18-22,25-41,81H2,1-12H3,(H2,82,105)(H,89,106)(H,90,111)(H,91,119)(H,92,112)(H,93,109)(H,94,108)(H,95,107)(H,96,116)(H,97,120)(H,98,110)(H,99,113)(H,100,114)(H,101,117)(H,102,115)(H,103,118)(H4,83,84,87)(H4,85,86,88)/t45-,46-,47-,49-,50-,51-,52-,53-,54-,55-,56-,57-,63-,64-,65-/m0/s1. The number of benzene rings is 1. The first-order valence-electron chi connectivity index (χ1n) is 42.0. The number of likely N-dealkylation sites (tertiary alicyclic amines) is 1. The van der Waals surface area contributed by atoms with E-state index in [4.69, 9.17) is 39.1 Å². The van der Waals surface area contributed by atoms with Gasteiger partial charge in [0.1, 0.15) is 78.5 Å². The Balaban J connectivity index is 2.03. The van der Waals surface area contributed by atoms with Gasteiger partial charge in [-0.3, -0.25) is 91.5 Å². The first-order valence-corrected chi connectivity index (χ1v) is 42.0. The number of nitrogens with zero attached hydrogens (tertiary/aromatic N) is 3. The number of ether oxygens (including phenoxy) is 1. The van der Waals surface area contributed by atoms with Crippen molar-refractivity contribution in [3.63, 3.8) is 0 Å². The van der Waals surface area contributed by atoms with Crippen molar-refractivity contribution in [2.45, 2.75) is 264 Å². The fourth-order valence-corrected chi connectivity index (χ4v) is 13.3. The van der Waals surface area contributed by atoms with E-state index in [9.17, 15) is 86.3 Å². The molecule has 0 radical (unpaired) electrons. The number of guanidine groups is 2. The molecule has 123 heavy (non-hydrogen) atoms. The summed E-state index contributed by atoms with van der Waals surface area (Å²) >= 11 is 0. The summed E-state index contributed by atoms with van der Waals surface area (Å²) in [5.74, 6) is -19.2. The number of carbonyl (C=O) groups excluding carboxylic acids is 18. The van der Waals surface area contributed by atoms with Gasteiger partial charge >= 0.3 is 5.97 Å². The van der Waals surface area contributed by atoms with E-state index in [0.29, 0.717) is 37.7 Å². The monoisotopic (exact) mass is 1740 g/mol. The minimum absolute atomic E-state index is 0.0123. The van der Waals surface area contributed by atoms with E-state index in [1.165, 1.54) is 18.9 Å². The first-order chi connectivity index (χ1) is 58.0. The van der Waals surface area contributed by atoms with Crippen LogP contribution in [0, 0.1) is 29.6 Å². The van der Waals surface area contributed by atoms with Crippen LogP contribution in [-0.4, -0.2) is 255 Å². The van der Waals surface area contributed by atoms with E-state index < -0.39 is 242 Å². The lowest BCUT2D eigenvalue weighted by atomic mass is 9.96. The zero-order valence-corrected chi connectivity index (χ0v) is 72.8. The highest BCUT2D eigenvalue weighted by Gasteiger charge is 2.43. The number of primary amides is 1. The Bertz CT molecular complexity index is 3820. The highest BCUT2D eigenvalue weighted by molar-refractivity contribution is 6.02. The summed E-state index contributed by atoms with van der Waals surface area (Å²) in [6, 6.07) is -10.2. The number of unbranched alkanes of at least 4 members (excludes halogenated alkanes) is 1. The van der Waals surface area contributed by atoms with Gasteiger partial charge < -0.3 is 124 Å². The number of esters is 1. The summed E-state index contributed by atoms with van der Waals surface area (Å²) in [6.07, 6.45) is -0.125. The first kappa shape index (κ1) is 105. The van der Waals surface area contributed by atoms with Crippen molar-refractivity contribution in [3.05, 3.63) is 35.9 Å². The molecule has 3 rings (SSSR count). The third-order valence-corrected chi connectivity index (χ3v) is 20.6. The van der Waals surface area contributed by atoms with Gasteiger partial charge in [0, 0.05) is 32.5 Å². The largest absolute Gasteiger partial charge is 0.467 e. The average molecular weight is 1740 g/mol. The summed E-state index contributed by atoms with van der Waals surface area (Å²) < 4.78 is 4.95. The summed E-state index contributed by atoms with van der Waals surface area (Å²) in [4.78, 5) is 263. The Morgan fingerprint density at radius 1 is 0.553 bits per heavy atom. The van der Waals surface area contributed by atoms with Crippen LogP contribution < -0.4 is 114 Å². The van der Waals surface area contributed by atoms with E-state index in [1.54, 1.807) is 92.6 Å². The van der Waals surface area contributed by atoms with Gasteiger partial charge in [-0.25, -0.2) is 4.79 Å². The van der Waals surface area contributed by atoms with E-state index in [0.717, 1.165) is 0 Å². The Morgan fingerprint density at radius 3 is 1.65 bits per heavy atom. The molecule has 688 valence electrons. The van der Waals surface area contributed by atoms with E-state index >= 15 is 0 Å². The molecule has 0 aromatic heterocycles. The van der Waals surface area contributed by atoms with Crippen LogP contribution >= 0.6 is 0 Å². The number of rotatable bonds is 42. The van der Waals surface area contributed by atoms with E-state index in [-0.39, 0.29) is 108 Å². The van der Waals surface area contributed by atoms with Crippen LogP contribution in [0.3, 0.4) is 0 Å². The molecule has 15 atom stereocenters. The number of hydrogen-bond acceptors (Lipinski definition) is 22. The highest BCUT2D eigenvalue weighted by atomic mass is 16.5. The molecule has 0 bridgehead atoms. The van der Waals surface area contributed by atoms with Crippen LogP contribution in [-0.2, 0) is 97.5 Å². The molecule has 2 aliphatic heterocycles. The molecular weight excluding hydrogens is 1600 g/mol. The average Bonchev–Trinajstić information content (AvgIpc) is 1.80. The molecule has 1 aromatic carbocycles. The van der Waals surface area contributed by atoms with Gasteiger partial charge in [-0.05, 0) is 126 Å². The Kier molecular flexibility index (Phi) is 46.7. The van der Waals surface area contributed by atoms with Crippen molar-refractivity contribution in [2.75, 3.05) is 52.9 Å². The molecule has 43 heteroatoms. The van der Waals surface area contributed by atoms with Crippen LogP contribution in [0.5, 0.6) is 0 Å². The fraction of sp³-hybridized carbons (Fsp3) is 0.675. The number of nitrogens with two attached hydrogens (primary N) is 6. The number of nitrogens with one attached hydrogen (secondary N) is 15. The van der Waals surface area contributed by atoms with Crippen LogP contribution in [0.2, 0.25) is 0 Å². The number of amides is 17. The van der Waals surface area contributed by atoms with E-state index in [2.05, 4.69) is 89.7 Å². The Morgan fingerprint density at radius 2 is 1.10 bits per heavy atom. The molecule has 1 aromatic rings. The molecule has 0 aliphatic carbocycles. The molecule has 2 fully saturated rings. The maximum absolute atomic E-state index is 14.8. The van der Waals surface area contributed by atoms with Crippen molar-refractivity contribution in [2.24, 2.45) is 74.0 Å². The zero-order chi connectivity index (χ0) is 92.3. The molecule has 2 aliphatic rings. The second-order valence-electron chi connectivity index (χ2n) is 32.1.